The van der Waals surface area contributed by atoms with Gasteiger partial charge in [-0.1, -0.05) is 0 Å². The molecule has 0 aliphatic heterocycles. The predicted molar refractivity (Wildman–Crippen MR) is 93.4 cm³/mol. The van der Waals surface area contributed by atoms with E-state index in [2.05, 4.69) is 4.72 Å². The molecule has 0 unspecified atom stereocenters. The first kappa shape index (κ1) is 18.3. The van der Waals surface area contributed by atoms with E-state index in [0.717, 1.165) is 17.4 Å². The van der Waals surface area contributed by atoms with Crippen LogP contribution in [0.5, 0.6) is 5.75 Å². The number of ketones is 1. The molecule has 9 heteroatoms. The standard InChI is InChI=1S/C17H14FNO5S2/c1-23-14-6-5-12(9-13(14)18)26(21,22)19-10-11-4-7-16(25-11)17(20)15-3-2-8-24-15/h2-9,19H,10H2,1H3. The molecule has 1 aromatic carbocycles. The van der Waals surface area contributed by atoms with Crippen molar-refractivity contribution in [3.63, 3.8) is 0 Å². The van der Waals surface area contributed by atoms with Crippen molar-refractivity contribution < 1.29 is 26.8 Å². The van der Waals surface area contributed by atoms with E-state index in [4.69, 9.17) is 9.15 Å². The van der Waals surface area contributed by atoms with Crippen molar-refractivity contribution in [2.75, 3.05) is 7.11 Å². The Bertz CT molecular complexity index is 1030. The lowest BCUT2D eigenvalue weighted by atomic mass is 10.2. The van der Waals surface area contributed by atoms with Crippen LogP contribution >= 0.6 is 11.3 Å². The van der Waals surface area contributed by atoms with Gasteiger partial charge in [0.05, 0.1) is 23.1 Å². The van der Waals surface area contributed by atoms with E-state index in [-0.39, 0.29) is 28.7 Å². The fourth-order valence-electron chi connectivity index (χ4n) is 2.19. The van der Waals surface area contributed by atoms with E-state index >= 15 is 0 Å². The van der Waals surface area contributed by atoms with E-state index in [1.54, 1.807) is 24.3 Å². The van der Waals surface area contributed by atoms with Crippen LogP contribution in [0, 0.1) is 5.82 Å². The molecular formula is C17H14FNO5S2. The van der Waals surface area contributed by atoms with E-state index in [0.29, 0.717) is 9.75 Å². The number of ether oxygens (including phenoxy) is 1. The molecule has 0 aliphatic rings. The SMILES string of the molecule is COc1ccc(S(=O)(=O)NCc2ccc(C(=O)c3ccco3)s2)cc1F. The number of benzene rings is 1. The number of hydrogen-bond acceptors (Lipinski definition) is 6. The van der Waals surface area contributed by atoms with Crippen LogP contribution in [0.2, 0.25) is 0 Å². The second-order valence-electron chi connectivity index (χ2n) is 5.19. The molecule has 0 radical (unpaired) electrons. The number of furan rings is 1. The third-order valence-electron chi connectivity index (χ3n) is 3.50. The van der Waals surface area contributed by atoms with Crippen molar-refractivity contribution in [3.05, 3.63) is 70.1 Å². The number of nitrogens with one attached hydrogen (secondary N) is 1. The highest BCUT2D eigenvalue weighted by Crippen LogP contribution is 2.23. The van der Waals surface area contributed by atoms with Crippen molar-refractivity contribution in [1.82, 2.24) is 4.72 Å². The highest BCUT2D eigenvalue weighted by atomic mass is 32.2. The van der Waals surface area contributed by atoms with Gasteiger partial charge in [-0.25, -0.2) is 17.5 Å². The zero-order valence-corrected chi connectivity index (χ0v) is 15.2. The predicted octanol–water partition coefficient (Wildman–Crippen LogP) is 3.20. The Labute approximate surface area is 153 Å². The maximum Gasteiger partial charge on any atom is 0.241 e. The minimum atomic E-state index is -3.90. The number of rotatable bonds is 7. The molecular weight excluding hydrogens is 381 g/mol. The Morgan fingerprint density at radius 2 is 2.08 bits per heavy atom. The molecule has 136 valence electrons. The zero-order valence-electron chi connectivity index (χ0n) is 13.6. The molecule has 0 fully saturated rings. The quantitative estimate of drug-likeness (QED) is 0.621. The Balaban J connectivity index is 1.70. The van der Waals surface area contributed by atoms with Crippen LogP contribution in [0.1, 0.15) is 20.3 Å². The second-order valence-corrected chi connectivity index (χ2v) is 8.13. The summed E-state index contributed by atoms with van der Waals surface area (Å²) in [6, 6.07) is 9.82. The Hall–Kier alpha value is -2.49. The highest BCUT2D eigenvalue weighted by molar-refractivity contribution is 7.89. The van der Waals surface area contributed by atoms with Crippen LogP contribution in [0.3, 0.4) is 0 Å². The third-order valence-corrected chi connectivity index (χ3v) is 5.98. The summed E-state index contributed by atoms with van der Waals surface area (Å²) in [6.07, 6.45) is 1.41. The molecule has 2 heterocycles. The summed E-state index contributed by atoms with van der Waals surface area (Å²) < 4.78 is 50.5. The molecule has 26 heavy (non-hydrogen) atoms. The number of hydrogen-bond donors (Lipinski definition) is 1. The van der Waals surface area contributed by atoms with Gasteiger partial charge in [0, 0.05) is 11.4 Å². The van der Waals surface area contributed by atoms with Gasteiger partial charge in [0.25, 0.3) is 0 Å². The number of methoxy groups -OCH3 is 1. The number of carbonyl (C=O) groups excluding carboxylic acids is 1. The third kappa shape index (κ3) is 3.85. The van der Waals surface area contributed by atoms with Crippen molar-refractivity contribution in [2.45, 2.75) is 11.4 Å². The van der Waals surface area contributed by atoms with Crippen LogP contribution in [0.4, 0.5) is 4.39 Å². The van der Waals surface area contributed by atoms with Gasteiger partial charge in [-0.05, 0) is 42.5 Å². The molecule has 0 bridgehead atoms. The Kier molecular flexibility index (Phi) is 5.21. The minimum absolute atomic E-state index is 0.0217. The topological polar surface area (TPSA) is 85.6 Å². The average Bonchev–Trinajstić information content (AvgIpc) is 3.31. The van der Waals surface area contributed by atoms with E-state index in [1.807, 2.05) is 0 Å². The van der Waals surface area contributed by atoms with Crippen molar-refractivity contribution in [1.29, 1.82) is 0 Å². The Morgan fingerprint density at radius 1 is 1.27 bits per heavy atom. The lowest BCUT2D eigenvalue weighted by Crippen LogP contribution is -2.22. The lowest BCUT2D eigenvalue weighted by molar-refractivity contribution is 0.101. The average molecular weight is 395 g/mol. The number of thiophene rings is 1. The molecule has 0 aliphatic carbocycles. The molecule has 0 amide bonds. The summed E-state index contributed by atoms with van der Waals surface area (Å²) in [5.74, 6) is -0.861. The summed E-state index contributed by atoms with van der Waals surface area (Å²) in [6.45, 7) is -0.0217. The molecule has 2 aromatic heterocycles. The molecule has 3 rings (SSSR count). The summed E-state index contributed by atoms with van der Waals surface area (Å²) in [5, 5.41) is 0. The summed E-state index contributed by atoms with van der Waals surface area (Å²) in [4.78, 5) is 13.0. The first-order valence-electron chi connectivity index (χ1n) is 7.41. The van der Waals surface area contributed by atoms with Gasteiger partial charge in [-0.3, -0.25) is 4.79 Å². The first-order chi connectivity index (χ1) is 12.4. The van der Waals surface area contributed by atoms with Gasteiger partial charge in [0.1, 0.15) is 0 Å². The minimum Gasteiger partial charge on any atom is -0.494 e. The molecule has 0 saturated heterocycles. The second kappa shape index (κ2) is 7.40. The fraction of sp³-hybridized carbons (Fsp3) is 0.118. The first-order valence-corrected chi connectivity index (χ1v) is 9.71. The maximum absolute atomic E-state index is 13.7. The van der Waals surface area contributed by atoms with Crippen LogP contribution in [-0.4, -0.2) is 21.3 Å². The van der Waals surface area contributed by atoms with Crippen molar-refractivity contribution in [2.24, 2.45) is 0 Å². The van der Waals surface area contributed by atoms with E-state index < -0.39 is 15.8 Å². The monoisotopic (exact) mass is 395 g/mol. The summed E-state index contributed by atoms with van der Waals surface area (Å²) >= 11 is 1.15. The highest BCUT2D eigenvalue weighted by Gasteiger charge is 2.18. The van der Waals surface area contributed by atoms with Crippen LogP contribution in [0.25, 0.3) is 0 Å². The van der Waals surface area contributed by atoms with Gasteiger partial charge >= 0.3 is 0 Å². The zero-order chi connectivity index (χ0) is 18.7. The van der Waals surface area contributed by atoms with Crippen molar-refractivity contribution in [3.8, 4) is 5.75 Å². The number of sulfonamides is 1. The van der Waals surface area contributed by atoms with Gasteiger partial charge in [-0.2, -0.15) is 0 Å². The fourth-order valence-corrected chi connectivity index (χ4v) is 4.19. The van der Waals surface area contributed by atoms with Crippen LogP contribution in [0.15, 0.2) is 58.0 Å². The Morgan fingerprint density at radius 3 is 2.73 bits per heavy atom. The normalized spacial score (nSPS) is 11.5. The molecule has 6 nitrogen and oxygen atoms in total. The molecule has 1 N–H and O–H groups in total. The molecule has 0 saturated carbocycles. The molecule has 3 aromatic rings. The summed E-state index contributed by atoms with van der Waals surface area (Å²) in [5.41, 5.74) is 0. The van der Waals surface area contributed by atoms with E-state index in [1.165, 1.54) is 25.5 Å². The lowest BCUT2D eigenvalue weighted by Gasteiger charge is -2.07. The van der Waals surface area contributed by atoms with Crippen LogP contribution in [-0.2, 0) is 16.6 Å². The van der Waals surface area contributed by atoms with Gasteiger partial charge in [0.2, 0.25) is 15.8 Å². The maximum atomic E-state index is 13.7. The molecule has 0 atom stereocenters. The smallest absolute Gasteiger partial charge is 0.241 e. The van der Waals surface area contributed by atoms with E-state index in [9.17, 15) is 17.6 Å². The largest absolute Gasteiger partial charge is 0.494 e. The van der Waals surface area contributed by atoms with Crippen molar-refractivity contribution >= 4 is 27.1 Å². The van der Waals surface area contributed by atoms with Gasteiger partial charge in [0.15, 0.2) is 17.3 Å². The number of halogens is 1. The van der Waals surface area contributed by atoms with Gasteiger partial charge in [-0.15, -0.1) is 11.3 Å². The van der Waals surface area contributed by atoms with Crippen LogP contribution < -0.4 is 9.46 Å². The molecule has 0 spiro atoms. The number of carbonyl (C=O) groups is 1. The summed E-state index contributed by atoms with van der Waals surface area (Å²) in [7, 11) is -2.61. The van der Waals surface area contributed by atoms with Gasteiger partial charge < -0.3 is 9.15 Å².